The van der Waals surface area contributed by atoms with Gasteiger partial charge in [0.25, 0.3) is 5.78 Å². The van der Waals surface area contributed by atoms with Crippen molar-refractivity contribution in [2.24, 2.45) is 0 Å². The smallest absolute Gasteiger partial charge is 0.254 e. The molecule has 0 atom stereocenters. The molecule has 1 N–H and O–H groups in total. The van der Waals surface area contributed by atoms with Gasteiger partial charge < -0.3 is 10.1 Å². The van der Waals surface area contributed by atoms with Crippen LogP contribution in [0.25, 0.3) is 5.78 Å². The van der Waals surface area contributed by atoms with Gasteiger partial charge in [0.1, 0.15) is 12.1 Å². The first-order valence-electron chi connectivity index (χ1n) is 6.92. The molecule has 0 saturated carbocycles. The highest BCUT2D eigenvalue weighted by atomic mass is 16.5. The molecule has 0 spiro atoms. The molecule has 2 aromatic rings. The summed E-state index contributed by atoms with van der Waals surface area (Å²) >= 11 is 0. The monoisotopic (exact) mass is 273 g/mol. The first-order valence-corrected chi connectivity index (χ1v) is 6.92. The van der Waals surface area contributed by atoms with Gasteiger partial charge in [0.2, 0.25) is 0 Å². The fourth-order valence-corrected chi connectivity index (χ4v) is 2.37. The Kier molecular flexibility index (Phi) is 3.64. The Morgan fingerprint density at radius 3 is 3.10 bits per heavy atom. The lowest BCUT2D eigenvalue weighted by Gasteiger charge is -2.15. The second-order valence-electron chi connectivity index (χ2n) is 5.01. The zero-order valence-electron chi connectivity index (χ0n) is 11.9. The highest BCUT2D eigenvalue weighted by Crippen LogP contribution is 2.18. The van der Waals surface area contributed by atoms with Gasteiger partial charge in [0, 0.05) is 17.8 Å². The van der Waals surface area contributed by atoms with E-state index in [1.54, 1.807) is 4.52 Å². The molecule has 0 unspecified atom stereocenters. The molecule has 20 heavy (non-hydrogen) atoms. The summed E-state index contributed by atoms with van der Waals surface area (Å²) in [4.78, 5) is 8.57. The van der Waals surface area contributed by atoms with Gasteiger partial charge in [-0.3, -0.25) is 0 Å². The maximum atomic E-state index is 5.32. The Morgan fingerprint density at radius 1 is 1.40 bits per heavy atom. The van der Waals surface area contributed by atoms with E-state index in [4.69, 9.17) is 4.74 Å². The Hall–Kier alpha value is -1.95. The van der Waals surface area contributed by atoms with Crippen LogP contribution in [-0.4, -0.2) is 39.3 Å². The molecule has 3 rings (SSSR count). The van der Waals surface area contributed by atoms with E-state index >= 15 is 0 Å². The zero-order valence-corrected chi connectivity index (χ0v) is 11.9. The molecule has 3 heterocycles. The summed E-state index contributed by atoms with van der Waals surface area (Å²) in [5.41, 5.74) is 3.56. The van der Waals surface area contributed by atoms with Crippen molar-refractivity contribution in [3.05, 3.63) is 29.2 Å². The van der Waals surface area contributed by atoms with E-state index in [2.05, 4.69) is 33.4 Å². The van der Waals surface area contributed by atoms with Crippen molar-refractivity contribution in [2.45, 2.75) is 26.7 Å². The lowest BCUT2D eigenvalue weighted by Crippen LogP contribution is -2.13. The first kappa shape index (κ1) is 13.1. The quantitative estimate of drug-likeness (QED) is 0.862. The summed E-state index contributed by atoms with van der Waals surface area (Å²) in [6.45, 7) is 6.52. The van der Waals surface area contributed by atoms with Gasteiger partial charge in [0.15, 0.2) is 0 Å². The highest BCUT2D eigenvalue weighted by Gasteiger charge is 2.11. The molecular weight excluding hydrogens is 254 g/mol. The molecule has 1 aliphatic rings. The second kappa shape index (κ2) is 5.58. The van der Waals surface area contributed by atoms with Crippen LogP contribution in [-0.2, 0) is 4.74 Å². The van der Waals surface area contributed by atoms with Crippen molar-refractivity contribution in [3.8, 4) is 0 Å². The lowest BCUT2D eigenvalue weighted by atomic mass is 10.1. The summed E-state index contributed by atoms with van der Waals surface area (Å²) in [6.07, 6.45) is 5.78. The lowest BCUT2D eigenvalue weighted by molar-refractivity contribution is 0.153. The van der Waals surface area contributed by atoms with Crippen molar-refractivity contribution in [2.75, 3.05) is 25.1 Å². The number of nitrogens with one attached hydrogen (secondary N) is 1. The predicted octanol–water partition coefficient (Wildman–Crippen LogP) is 1.89. The third kappa shape index (κ3) is 2.51. The number of rotatable bonds is 4. The van der Waals surface area contributed by atoms with Gasteiger partial charge in [0.05, 0.1) is 13.2 Å². The van der Waals surface area contributed by atoms with Crippen molar-refractivity contribution in [1.29, 1.82) is 0 Å². The second-order valence-corrected chi connectivity index (χ2v) is 5.01. The molecule has 6 heteroatoms. The largest absolute Gasteiger partial charge is 0.377 e. The number of fused-ring (bicyclic) bond motifs is 1. The van der Waals surface area contributed by atoms with E-state index in [1.807, 2.05) is 6.92 Å². The standard InChI is InChI=1S/C14H19N5O/c1-10-11(2)18-14-16-9-17-19(14)13(10)15-6-3-12-4-7-20-8-5-12/h4,9,15H,3,5-8H2,1-2H3. The SMILES string of the molecule is Cc1nc2ncnn2c(NCCC2=CCOCC2)c1C. The summed E-state index contributed by atoms with van der Waals surface area (Å²) in [5, 5.41) is 7.70. The Balaban J connectivity index is 1.75. The average molecular weight is 273 g/mol. The number of aryl methyl sites for hydroxylation is 1. The average Bonchev–Trinajstić information content (AvgIpc) is 2.92. The van der Waals surface area contributed by atoms with Crippen molar-refractivity contribution in [1.82, 2.24) is 19.6 Å². The number of aromatic nitrogens is 4. The summed E-state index contributed by atoms with van der Waals surface area (Å²) in [5.74, 6) is 1.62. The molecule has 6 nitrogen and oxygen atoms in total. The van der Waals surface area contributed by atoms with Crippen molar-refractivity contribution in [3.63, 3.8) is 0 Å². The fraction of sp³-hybridized carbons (Fsp3) is 0.500. The zero-order chi connectivity index (χ0) is 13.9. The molecular formula is C14H19N5O. The fourth-order valence-electron chi connectivity index (χ4n) is 2.37. The Morgan fingerprint density at radius 2 is 2.30 bits per heavy atom. The maximum absolute atomic E-state index is 5.32. The van der Waals surface area contributed by atoms with E-state index in [9.17, 15) is 0 Å². The number of hydrogen-bond donors (Lipinski definition) is 1. The van der Waals surface area contributed by atoms with Gasteiger partial charge in [-0.2, -0.15) is 14.6 Å². The minimum absolute atomic E-state index is 0.640. The van der Waals surface area contributed by atoms with Crippen LogP contribution in [0.4, 0.5) is 5.82 Å². The van der Waals surface area contributed by atoms with Crippen molar-refractivity contribution >= 4 is 11.6 Å². The Labute approximate surface area is 117 Å². The third-order valence-electron chi connectivity index (χ3n) is 3.70. The molecule has 0 bridgehead atoms. The molecule has 0 amide bonds. The van der Waals surface area contributed by atoms with Gasteiger partial charge >= 0.3 is 0 Å². The van der Waals surface area contributed by atoms with Gasteiger partial charge in [-0.05, 0) is 26.7 Å². The van der Waals surface area contributed by atoms with E-state index < -0.39 is 0 Å². The van der Waals surface area contributed by atoms with Crippen LogP contribution >= 0.6 is 0 Å². The number of anilines is 1. The van der Waals surface area contributed by atoms with E-state index in [0.29, 0.717) is 5.78 Å². The van der Waals surface area contributed by atoms with Gasteiger partial charge in [-0.25, -0.2) is 4.98 Å². The minimum atomic E-state index is 0.640. The molecule has 0 saturated heterocycles. The molecule has 106 valence electrons. The van der Waals surface area contributed by atoms with E-state index in [-0.39, 0.29) is 0 Å². The summed E-state index contributed by atoms with van der Waals surface area (Å²) in [6, 6.07) is 0. The van der Waals surface area contributed by atoms with Crippen LogP contribution in [0.5, 0.6) is 0 Å². The third-order valence-corrected chi connectivity index (χ3v) is 3.70. The molecule has 0 fully saturated rings. The number of ether oxygens (including phenoxy) is 1. The summed E-state index contributed by atoms with van der Waals surface area (Å²) in [7, 11) is 0. The highest BCUT2D eigenvalue weighted by molar-refractivity contribution is 5.51. The van der Waals surface area contributed by atoms with Crippen molar-refractivity contribution < 1.29 is 4.74 Å². The topological polar surface area (TPSA) is 64.3 Å². The normalized spacial score (nSPS) is 15.4. The first-order chi connectivity index (χ1) is 9.75. The summed E-state index contributed by atoms with van der Waals surface area (Å²) < 4.78 is 7.08. The minimum Gasteiger partial charge on any atom is -0.377 e. The number of hydrogen-bond acceptors (Lipinski definition) is 5. The van der Waals surface area contributed by atoms with Crippen LogP contribution < -0.4 is 5.32 Å². The molecule has 0 radical (unpaired) electrons. The molecule has 1 aliphatic heterocycles. The van der Waals surface area contributed by atoms with Gasteiger partial charge in [-0.15, -0.1) is 0 Å². The predicted molar refractivity (Wildman–Crippen MR) is 76.9 cm³/mol. The molecule has 2 aromatic heterocycles. The Bertz CT molecular complexity index is 646. The van der Waals surface area contributed by atoms with Crippen LogP contribution in [0.3, 0.4) is 0 Å². The maximum Gasteiger partial charge on any atom is 0.254 e. The molecule has 0 aliphatic carbocycles. The van der Waals surface area contributed by atoms with Crippen LogP contribution in [0.15, 0.2) is 18.0 Å². The van der Waals surface area contributed by atoms with E-state index in [0.717, 1.165) is 49.7 Å². The van der Waals surface area contributed by atoms with Gasteiger partial charge in [-0.1, -0.05) is 11.6 Å². The van der Waals surface area contributed by atoms with Crippen LogP contribution in [0.2, 0.25) is 0 Å². The van der Waals surface area contributed by atoms with Crippen LogP contribution in [0, 0.1) is 13.8 Å². The van der Waals surface area contributed by atoms with E-state index in [1.165, 1.54) is 11.9 Å². The molecule has 0 aromatic carbocycles. The number of nitrogens with zero attached hydrogens (tertiary/aromatic N) is 4. The van der Waals surface area contributed by atoms with Crippen LogP contribution in [0.1, 0.15) is 24.1 Å².